The molecule has 104 valence electrons. The number of fused-ring (bicyclic) bond motifs is 1. The first kappa shape index (κ1) is 13.6. The Balaban J connectivity index is 1.85. The average molecular weight is 284 g/mol. The second kappa shape index (κ2) is 5.54. The summed E-state index contributed by atoms with van der Waals surface area (Å²) in [5, 5.41) is 10.8. The van der Waals surface area contributed by atoms with Gasteiger partial charge in [-0.2, -0.15) is 5.26 Å². The lowest BCUT2D eigenvalue weighted by atomic mass is 9.68. The molecule has 0 amide bonds. The van der Waals surface area contributed by atoms with Gasteiger partial charge in [-0.05, 0) is 30.9 Å². The van der Waals surface area contributed by atoms with Crippen LogP contribution in [0.4, 0.5) is 0 Å². The van der Waals surface area contributed by atoms with Gasteiger partial charge in [-0.1, -0.05) is 38.3 Å². The van der Waals surface area contributed by atoms with Crippen LogP contribution in [-0.4, -0.2) is 4.98 Å². The van der Waals surface area contributed by atoms with E-state index in [0.717, 1.165) is 35.7 Å². The molecule has 1 aromatic heterocycles. The molecule has 0 N–H and O–H groups in total. The maximum absolute atomic E-state index is 9.72. The number of benzene rings is 1. The molecule has 1 aliphatic rings. The molecular formula is C17H20N2S. The van der Waals surface area contributed by atoms with Gasteiger partial charge in [0.05, 0.1) is 26.7 Å². The van der Waals surface area contributed by atoms with Crippen molar-refractivity contribution in [2.75, 3.05) is 0 Å². The van der Waals surface area contributed by atoms with Gasteiger partial charge >= 0.3 is 0 Å². The Hall–Kier alpha value is -1.40. The van der Waals surface area contributed by atoms with Crippen molar-refractivity contribution >= 4 is 21.6 Å². The summed E-state index contributed by atoms with van der Waals surface area (Å²) < 4.78 is 1.23. The fourth-order valence-corrected chi connectivity index (χ4v) is 4.53. The number of hydrogen-bond acceptors (Lipinski definition) is 3. The maximum Gasteiger partial charge on any atom is 0.0954 e. The highest BCUT2D eigenvalue weighted by atomic mass is 32.1. The molecule has 20 heavy (non-hydrogen) atoms. The number of rotatable bonds is 3. The first-order chi connectivity index (χ1) is 9.74. The Bertz CT molecular complexity index is 607. The summed E-state index contributed by atoms with van der Waals surface area (Å²) in [6, 6.07) is 10.9. The van der Waals surface area contributed by atoms with Gasteiger partial charge in [-0.15, -0.1) is 11.3 Å². The molecule has 1 aliphatic carbocycles. The Morgan fingerprint density at radius 2 is 2.30 bits per heavy atom. The van der Waals surface area contributed by atoms with Crippen molar-refractivity contribution in [1.29, 1.82) is 5.26 Å². The zero-order valence-electron chi connectivity index (χ0n) is 11.9. The van der Waals surface area contributed by atoms with E-state index in [1.54, 1.807) is 11.3 Å². The minimum atomic E-state index is -0.174. The van der Waals surface area contributed by atoms with Gasteiger partial charge in [0.2, 0.25) is 0 Å². The van der Waals surface area contributed by atoms with E-state index in [2.05, 4.69) is 31.2 Å². The molecule has 3 heteroatoms. The summed E-state index contributed by atoms with van der Waals surface area (Å²) in [4.78, 5) is 4.72. The van der Waals surface area contributed by atoms with E-state index in [1.165, 1.54) is 24.0 Å². The Morgan fingerprint density at radius 1 is 1.45 bits per heavy atom. The summed E-state index contributed by atoms with van der Waals surface area (Å²) in [5.41, 5.74) is 0.899. The summed E-state index contributed by atoms with van der Waals surface area (Å²) in [7, 11) is 0. The normalized spacial score (nSPS) is 26.5. The highest BCUT2D eigenvalue weighted by Gasteiger charge is 2.37. The van der Waals surface area contributed by atoms with E-state index in [9.17, 15) is 5.26 Å². The zero-order chi connectivity index (χ0) is 14.0. The van der Waals surface area contributed by atoms with Crippen LogP contribution in [0.5, 0.6) is 0 Å². The monoisotopic (exact) mass is 284 g/mol. The lowest BCUT2D eigenvalue weighted by Crippen LogP contribution is -2.29. The summed E-state index contributed by atoms with van der Waals surface area (Å²) in [6.45, 7) is 2.25. The van der Waals surface area contributed by atoms with Crippen molar-refractivity contribution < 1.29 is 0 Å². The molecule has 2 nitrogen and oxygen atoms in total. The molecule has 2 aromatic rings. The van der Waals surface area contributed by atoms with E-state index in [4.69, 9.17) is 4.98 Å². The quantitative estimate of drug-likeness (QED) is 0.799. The number of thiazole rings is 1. The van der Waals surface area contributed by atoms with Gasteiger partial charge in [0.25, 0.3) is 0 Å². The van der Waals surface area contributed by atoms with E-state index < -0.39 is 0 Å². The van der Waals surface area contributed by atoms with Crippen LogP contribution in [0.15, 0.2) is 24.3 Å². The molecule has 0 bridgehead atoms. The van der Waals surface area contributed by atoms with Crippen LogP contribution in [0.1, 0.15) is 44.0 Å². The number of nitrogens with zero attached hydrogens (tertiary/aromatic N) is 2. The largest absolute Gasteiger partial charge is 0.241 e. The van der Waals surface area contributed by atoms with E-state index >= 15 is 0 Å². The summed E-state index contributed by atoms with van der Waals surface area (Å²) in [5.74, 6) is 0.720. The van der Waals surface area contributed by atoms with Crippen LogP contribution in [0.2, 0.25) is 0 Å². The number of nitriles is 1. The molecule has 2 unspecified atom stereocenters. The van der Waals surface area contributed by atoms with Gasteiger partial charge in [-0.25, -0.2) is 4.98 Å². The SMILES string of the molecule is CCC1CCCC(C#N)(Cc2nc3ccccc3s2)C1. The smallest absolute Gasteiger partial charge is 0.0954 e. The van der Waals surface area contributed by atoms with Crippen molar-refractivity contribution in [1.82, 2.24) is 4.98 Å². The third kappa shape index (κ3) is 2.58. The third-order valence-corrected chi connectivity index (χ3v) is 5.63. The standard InChI is InChI=1S/C17H20N2S/c1-2-13-6-5-9-17(10-13,12-18)11-16-19-14-7-3-4-8-15(14)20-16/h3-4,7-8,13H,2,5-6,9-11H2,1H3. The van der Waals surface area contributed by atoms with Gasteiger partial charge < -0.3 is 0 Å². The summed E-state index contributed by atoms with van der Waals surface area (Å²) >= 11 is 1.75. The topological polar surface area (TPSA) is 36.7 Å². The van der Waals surface area contributed by atoms with Crippen molar-refractivity contribution in [2.24, 2.45) is 11.3 Å². The number of aromatic nitrogens is 1. The van der Waals surface area contributed by atoms with Crippen LogP contribution >= 0.6 is 11.3 Å². The van der Waals surface area contributed by atoms with Crippen molar-refractivity contribution in [3.8, 4) is 6.07 Å². The molecule has 1 fully saturated rings. The van der Waals surface area contributed by atoms with Gasteiger partial charge in [0, 0.05) is 6.42 Å². The number of hydrogen-bond donors (Lipinski definition) is 0. The van der Waals surface area contributed by atoms with Crippen LogP contribution in [-0.2, 0) is 6.42 Å². The second-order valence-corrected chi connectivity index (χ2v) is 7.13. The molecule has 0 spiro atoms. The Morgan fingerprint density at radius 3 is 3.05 bits per heavy atom. The molecule has 0 radical (unpaired) electrons. The van der Waals surface area contributed by atoms with E-state index in [-0.39, 0.29) is 5.41 Å². The first-order valence-corrected chi connectivity index (χ1v) is 8.32. The lowest BCUT2D eigenvalue weighted by Gasteiger charge is -2.34. The zero-order valence-corrected chi connectivity index (χ0v) is 12.7. The molecule has 0 aliphatic heterocycles. The van der Waals surface area contributed by atoms with E-state index in [0.29, 0.717) is 0 Å². The van der Waals surface area contributed by atoms with Gasteiger partial charge in [0.1, 0.15) is 0 Å². The molecule has 2 atom stereocenters. The van der Waals surface area contributed by atoms with Crippen molar-refractivity contribution in [3.63, 3.8) is 0 Å². The van der Waals surface area contributed by atoms with Gasteiger partial charge in [-0.3, -0.25) is 0 Å². The Kier molecular flexibility index (Phi) is 3.76. The predicted molar refractivity (Wildman–Crippen MR) is 83.6 cm³/mol. The second-order valence-electron chi connectivity index (χ2n) is 6.01. The Labute approximate surface area is 124 Å². The highest BCUT2D eigenvalue weighted by molar-refractivity contribution is 7.18. The van der Waals surface area contributed by atoms with Crippen molar-refractivity contribution in [2.45, 2.75) is 45.4 Å². The number of para-hydroxylation sites is 1. The first-order valence-electron chi connectivity index (χ1n) is 7.50. The average Bonchev–Trinajstić information content (AvgIpc) is 2.89. The van der Waals surface area contributed by atoms with Crippen LogP contribution in [0.25, 0.3) is 10.2 Å². The fourth-order valence-electron chi connectivity index (χ4n) is 3.42. The predicted octanol–water partition coefficient (Wildman–Crippen LogP) is 4.95. The lowest BCUT2D eigenvalue weighted by molar-refractivity contribution is 0.194. The minimum absolute atomic E-state index is 0.174. The maximum atomic E-state index is 9.72. The van der Waals surface area contributed by atoms with Crippen LogP contribution in [0.3, 0.4) is 0 Å². The fraction of sp³-hybridized carbons (Fsp3) is 0.529. The third-order valence-electron chi connectivity index (χ3n) is 4.59. The van der Waals surface area contributed by atoms with Crippen molar-refractivity contribution in [3.05, 3.63) is 29.3 Å². The van der Waals surface area contributed by atoms with E-state index in [1.807, 2.05) is 6.07 Å². The molecule has 1 saturated carbocycles. The molecular weight excluding hydrogens is 264 g/mol. The van der Waals surface area contributed by atoms with Crippen LogP contribution in [0, 0.1) is 22.7 Å². The van der Waals surface area contributed by atoms with Crippen LogP contribution < -0.4 is 0 Å². The molecule has 3 rings (SSSR count). The highest BCUT2D eigenvalue weighted by Crippen LogP contribution is 2.43. The summed E-state index contributed by atoms with van der Waals surface area (Å²) in [6.07, 6.45) is 6.60. The molecule has 1 heterocycles. The van der Waals surface area contributed by atoms with Gasteiger partial charge in [0.15, 0.2) is 0 Å². The minimum Gasteiger partial charge on any atom is -0.241 e. The molecule has 1 aromatic carbocycles. The molecule has 0 saturated heterocycles.